The van der Waals surface area contributed by atoms with E-state index in [9.17, 15) is 4.39 Å². The molecule has 108 valence electrons. The summed E-state index contributed by atoms with van der Waals surface area (Å²) in [6, 6.07) is 13.3. The fourth-order valence-electron chi connectivity index (χ4n) is 3.67. The second kappa shape index (κ2) is 4.23. The van der Waals surface area contributed by atoms with Gasteiger partial charge in [-0.1, -0.05) is 38.1 Å². The molecule has 1 heterocycles. The predicted octanol–water partition coefficient (Wildman–Crippen LogP) is 4.42. The van der Waals surface area contributed by atoms with Crippen LogP contribution in [0.3, 0.4) is 0 Å². The molecular weight excluding hydrogens is 265 g/mol. The minimum atomic E-state index is -0.237. The zero-order chi connectivity index (χ0) is 14.6. The van der Waals surface area contributed by atoms with Crippen LogP contribution in [0.4, 0.5) is 10.1 Å². The van der Waals surface area contributed by atoms with E-state index in [0.29, 0.717) is 0 Å². The zero-order valence-electron chi connectivity index (χ0n) is 12.2. The van der Waals surface area contributed by atoms with E-state index in [1.807, 2.05) is 0 Å². The molecule has 2 unspecified atom stereocenters. The quantitative estimate of drug-likeness (QED) is 0.772. The molecule has 0 aromatic heterocycles. The Labute approximate surface area is 123 Å². The van der Waals surface area contributed by atoms with Gasteiger partial charge in [-0.15, -0.1) is 0 Å². The summed E-state index contributed by atoms with van der Waals surface area (Å²) in [5.41, 5.74) is 3.42. The minimum Gasteiger partial charge on any atom is -0.481 e. The molecule has 0 radical (unpaired) electrons. The van der Waals surface area contributed by atoms with Gasteiger partial charge in [-0.3, -0.25) is 0 Å². The van der Waals surface area contributed by atoms with E-state index in [1.54, 1.807) is 6.07 Å². The standard InChI is InChI=1S/C18H18FNO/c1-18(2)10-15-17(12-5-3-4-6-13(12)18)21-16-8-7-11(19)9-14(16)20-15/h3-9,15,17,20H,10H2,1-2H3. The van der Waals surface area contributed by atoms with Crippen LogP contribution in [-0.2, 0) is 5.41 Å². The molecule has 2 aromatic rings. The van der Waals surface area contributed by atoms with Crippen molar-refractivity contribution in [2.75, 3.05) is 5.32 Å². The number of anilines is 1. The maximum Gasteiger partial charge on any atom is 0.144 e. The molecule has 0 saturated carbocycles. The predicted molar refractivity (Wildman–Crippen MR) is 81.3 cm³/mol. The van der Waals surface area contributed by atoms with Gasteiger partial charge in [0.15, 0.2) is 0 Å². The molecule has 2 atom stereocenters. The van der Waals surface area contributed by atoms with E-state index in [-0.39, 0.29) is 23.4 Å². The smallest absolute Gasteiger partial charge is 0.144 e. The number of rotatable bonds is 0. The van der Waals surface area contributed by atoms with E-state index < -0.39 is 0 Å². The van der Waals surface area contributed by atoms with Crippen LogP contribution in [0.25, 0.3) is 0 Å². The van der Waals surface area contributed by atoms with Gasteiger partial charge in [-0.2, -0.15) is 0 Å². The van der Waals surface area contributed by atoms with Crippen molar-refractivity contribution in [3.05, 3.63) is 59.4 Å². The molecule has 2 nitrogen and oxygen atoms in total. The highest BCUT2D eigenvalue weighted by Crippen LogP contribution is 2.48. The highest BCUT2D eigenvalue weighted by molar-refractivity contribution is 5.60. The largest absolute Gasteiger partial charge is 0.481 e. The number of benzene rings is 2. The van der Waals surface area contributed by atoms with Gasteiger partial charge >= 0.3 is 0 Å². The van der Waals surface area contributed by atoms with Crippen molar-refractivity contribution < 1.29 is 9.13 Å². The van der Waals surface area contributed by atoms with Gasteiger partial charge < -0.3 is 10.1 Å². The summed E-state index contributed by atoms with van der Waals surface area (Å²) in [6.45, 7) is 4.51. The summed E-state index contributed by atoms with van der Waals surface area (Å²) in [4.78, 5) is 0. The van der Waals surface area contributed by atoms with Gasteiger partial charge in [-0.25, -0.2) is 4.39 Å². The van der Waals surface area contributed by atoms with Crippen molar-refractivity contribution in [3.8, 4) is 5.75 Å². The monoisotopic (exact) mass is 283 g/mol. The van der Waals surface area contributed by atoms with Crippen molar-refractivity contribution in [1.29, 1.82) is 0 Å². The lowest BCUT2D eigenvalue weighted by Gasteiger charge is -2.45. The second-order valence-electron chi connectivity index (χ2n) is 6.61. The molecule has 0 amide bonds. The van der Waals surface area contributed by atoms with Crippen molar-refractivity contribution >= 4 is 5.69 Å². The fourth-order valence-corrected chi connectivity index (χ4v) is 3.67. The molecule has 4 rings (SSSR count). The van der Waals surface area contributed by atoms with E-state index in [4.69, 9.17) is 4.74 Å². The Bertz CT molecular complexity index is 710. The number of ether oxygens (including phenoxy) is 1. The highest BCUT2D eigenvalue weighted by atomic mass is 19.1. The number of hydrogen-bond donors (Lipinski definition) is 1. The van der Waals surface area contributed by atoms with E-state index in [0.717, 1.165) is 17.9 Å². The van der Waals surface area contributed by atoms with Gasteiger partial charge in [0, 0.05) is 6.07 Å². The van der Waals surface area contributed by atoms with Crippen LogP contribution in [0, 0.1) is 5.82 Å². The Hall–Kier alpha value is -2.03. The summed E-state index contributed by atoms with van der Waals surface area (Å²) < 4.78 is 19.6. The third-order valence-corrected chi connectivity index (χ3v) is 4.63. The summed E-state index contributed by atoms with van der Waals surface area (Å²) in [5, 5.41) is 3.47. The molecule has 0 saturated heterocycles. The van der Waals surface area contributed by atoms with Gasteiger partial charge in [0.25, 0.3) is 0 Å². The average Bonchev–Trinajstić information content (AvgIpc) is 2.45. The first-order chi connectivity index (χ1) is 10.0. The maximum absolute atomic E-state index is 13.4. The van der Waals surface area contributed by atoms with E-state index >= 15 is 0 Å². The number of hydrogen-bond acceptors (Lipinski definition) is 2. The molecule has 0 fully saturated rings. The van der Waals surface area contributed by atoms with Gasteiger partial charge in [-0.05, 0) is 35.1 Å². The maximum atomic E-state index is 13.4. The number of halogens is 1. The molecule has 0 bridgehead atoms. The van der Waals surface area contributed by atoms with Crippen LogP contribution >= 0.6 is 0 Å². The first kappa shape index (κ1) is 12.7. The third kappa shape index (κ3) is 1.91. The average molecular weight is 283 g/mol. The van der Waals surface area contributed by atoms with Gasteiger partial charge in [0.2, 0.25) is 0 Å². The molecule has 0 spiro atoms. The minimum absolute atomic E-state index is 0.00723. The Morgan fingerprint density at radius 1 is 1.19 bits per heavy atom. The van der Waals surface area contributed by atoms with Crippen molar-refractivity contribution in [2.24, 2.45) is 0 Å². The Morgan fingerprint density at radius 2 is 2.00 bits per heavy atom. The van der Waals surface area contributed by atoms with Crippen LogP contribution in [0.15, 0.2) is 42.5 Å². The highest BCUT2D eigenvalue weighted by Gasteiger charge is 2.42. The first-order valence-corrected chi connectivity index (χ1v) is 7.37. The normalized spacial score (nSPS) is 24.9. The second-order valence-corrected chi connectivity index (χ2v) is 6.61. The summed E-state index contributed by atoms with van der Waals surface area (Å²) in [7, 11) is 0. The van der Waals surface area contributed by atoms with Crippen LogP contribution in [0.5, 0.6) is 5.75 Å². The first-order valence-electron chi connectivity index (χ1n) is 7.37. The molecular formula is C18H18FNO. The van der Waals surface area contributed by atoms with E-state index in [2.05, 4.69) is 43.4 Å². The van der Waals surface area contributed by atoms with Gasteiger partial charge in [0.1, 0.15) is 17.7 Å². The molecule has 1 N–H and O–H groups in total. The van der Waals surface area contributed by atoms with Gasteiger partial charge in [0.05, 0.1) is 11.7 Å². The summed E-state index contributed by atoms with van der Waals surface area (Å²) in [5.74, 6) is 0.492. The Balaban J connectivity index is 1.82. The zero-order valence-corrected chi connectivity index (χ0v) is 12.2. The molecule has 2 aromatic carbocycles. The lowest BCUT2D eigenvalue weighted by molar-refractivity contribution is 0.138. The van der Waals surface area contributed by atoms with Crippen LogP contribution in [0.2, 0.25) is 0 Å². The van der Waals surface area contributed by atoms with Crippen molar-refractivity contribution in [3.63, 3.8) is 0 Å². The SMILES string of the molecule is CC1(C)CC2Nc3cc(F)ccc3OC2c2ccccc21. The Morgan fingerprint density at radius 3 is 2.86 bits per heavy atom. The Kier molecular flexibility index (Phi) is 2.56. The number of fused-ring (bicyclic) bond motifs is 4. The number of nitrogens with one attached hydrogen (secondary N) is 1. The molecule has 1 aliphatic carbocycles. The van der Waals surface area contributed by atoms with E-state index in [1.165, 1.54) is 23.3 Å². The molecule has 21 heavy (non-hydrogen) atoms. The molecule has 1 aliphatic heterocycles. The lowest BCUT2D eigenvalue weighted by atomic mass is 9.69. The van der Waals surface area contributed by atoms with Crippen LogP contribution in [0.1, 0.15) is 37.5 Å². The van der Waals surface area contributed by atoms with Crippen molar-refractivity contribution in [1.82, 2.24) is 0 Å². The third-order valence-electron chi connectivity index (χ3n) is 4.63. The topological polar surface area (TPSA) is 21.3 Å². The lowest BCUT2D eigenvalue weighted by Crippen LogP contribution is -2.44. The summed E-state index contributed by atoms with van der Waals surface area (Å²) >= 11 is 0. The summed E-state index contributed by atoms with van der Waals surface area (Å²) in [6.07, 6.45) is 0.956. The van der Waals surface area contributed by atoms with Crippen molar-refractivity contribution in [2.45, 2.75) is 37.8 Å². The van der Waals surface area contributed by atoms with Crippen LogP contribution in [-0.4, -0.2) is 6.04 Å². The molecule has 3 heteroatoms. The fraction of sp³-hybridized carbons (Fsp3) is 0.333. The molecule has 2 aliphatic rings. The van der Waals surface area contributed by atoms with Crippen LogP contribution < -0.4 is 10.1 Å².